The third kappa shape index (κ3) is 4.24. The summed E-state index contributed by atoms with van der Waals surface area (Å²) < 4.78 is 14.2. The topological polar surface area (TPSA) is 85.4 Å². The SMILES string of the molecule is CCCn1c(O)c(N=NC(=O)C2COc3ccc(C(C)(C)C)cc3O2)c2cc(Br)ccc21. The van der Waals surface area contributed by atoms with E-state index >= 15 is 0 Å². The number of aromatic hydroxyl groups is 1. The average molecular weight is 500 g/mol. The Morgan fingerprint density at radius 3 is 2.72 bits per heavy atom. The summed E-state index contributed by atoms with van der Waals surface area (Å²) in [6, 6.07) is 11.4. The minimum atomic E-state index is -0.903. The van der Waals surface area contributed by atoms with Gasteiger partial charge in [0, 0.05) is 16.4 Å². The molecular weight excluding hydrogens is 474 g/mol. The first-order valence-corrected chi connectivity index (χ1v) is 11.4. The molecule has 7 nitrogen and oxygen atoms in total. The molecule has 0 bridgehead atoms. The van der Waals surface area contributed by atoms with Gasteiger partial charge in [0.2, 0.25) is 12.0 Å². The van der Waals surface area contributed by atoms with E-state index in [-0.39, 0.29) is 23.6 Å². The number of halogens is 1. The molecule has 4 rings (SSSR count). The number of aromatic nitrogens is 1. The standard InChI is InChI=1S/C24H26BrN3O4/c1-5-10-28-17-8-7-15(25)12-16(17)21(23(28)30)26-27-22(29)20-13-31-18-9-6-14(24(2,3)4)11-19(18)32-20/h6-9,11-12,20,30H,5,10,13H2,1-4H3. The highest BCUT2D eigenvalue weighted by molar-refractivity contribution is 9.10. The number of carbonyl (C=O) groups excluding carboxylic acids is 1. The first-order chi connectivity index (χ1) is 15.2. The molecule has 3 aromatic rings. The van der Waals surface area contributed by atoms with Crippen molar-refractivity contribution in [1.29, 1.82) is 0 Å². The van der Waals surface area contributed by atoms with Gasteiger partial charge in [-0.15, -0.1) is 10.2 Å². The van der Waals surface area contributed by atoms with Gasteiger partial charge in [0.15, 0.2) is 17.2 Å². The van der Waals surface area contributed by atoms with Crippen molar-refractivity contribution < 1.29 is 19.4 Å². The summed E-state index contributed by atoms with van der Waals surface area (Å²) in [4.78, 5) is 12.7. The molecular formula is C24H26BrN3O4. The van der Waals surface area contributed by atoms with Crippen LogP contribution in [0.25, 0.3) is 10.9 Å². The number of rotatable bonds is 4. The van der Waals surface area contributed by atoms with Gasteiger partial charge in [-0.2, -0.15) is 0 Å². The van der Waals surface area contributed by atoms with Crippen LogP contribution in [0.3, 0.4) is 0 Å². The number of carbonyl (C=O) groups is 1. The molecule has 2 heterocycles. The fourth-order valence-corrected chi connectivity index (χ4v) is 4.03. The van der Waals surface area contributed by atoms with Crippen LogP contribution in [0.4, 0.5) is 5.69 Å². The molecule has 1 amide bonds. The fraction of sp³-hybridized carbons (Fsp3) is 0.375. The van der Waals surface area contributed by atoms with Crippen LogP contribution in [0, 0.1) is 0 Å². The van der Waals surface area contributed by atoms with Crippen molar-refractivity contribution in [1.82, 2.24) is 4.57 Å². The van der Waals surface area contributed by atoms with Gasteiger partial charge in [-0.25, -0.2) is 0 Å². The van der Waals surface area contributed by atoms with E-state index in [0.29, 0.717) is 23.4 Å². The monoisotopic (exact) mass is 499 g/mol. The summed E-state index contributed by atoms with van der Waals surface area (Å²) in [5.41, 5.74) is 2.10. The number of hydrogen-bond acceptors (Lipinski definition) is 5. The minimum absolute atomic E-state index is 0.0162. The van der Waals surface area contributed by atoms with Crippen molar-refractivity contribution in [2.45, 2.75) is 52.2 Å². The van der Waals surface area contributed by atoms with Gasteiger partial charge in [0.25, 0.3) is 0 Å². The maximum atomic E-state index is 12.7. The summed E-state index contributed by atoms with van der Waals surface area (Å²) in [5.74, 6) is 0.535. The number of azo groups is 1. The van der Waals surface area contributed by atoms with Gasteiger partial charge >= 0.3 is 5.91 Å². The van der Waals surface area contributed by atoms with Crippen molar-refractivity contribution in [3.05, 3.63) is 46.4 Å². The van der Waals surface area contributed by atoms with Crippen LogP contribution in [-0.4, -0.2) is 28.3 Å². The van der Waals surface area contributed by atoms with E-state index in [0.717, 1.165) is 22.0 Å². The largest absolute Gasteiger partial charge is 0.493 e. The van der Waals surface area contributed by atoms with Gasteiger partial charge in [-0.05, 0) is 47.7 Å². The number of aryl methyl sites for hydroxylation is 1. The van der Waals surface area contributed by atoms with E-state index in [1.54, 1.807) is 4.57 Å². The highest BCUT2D eigenvalue weighted by Crippen LogP contribution is 2.41. The molecule has 1 aliphatic heterocycles. The van der Waals surface area contributed by atoms with Crippen LogP contribution in [0.5, 0.6) is 17.4 Å². The van der Waals surface area contributed by atoms with E-state index in [9.17, 15) is 9.90 Å². The first-order valence-electron chi connectivity index (χ1n) is 10.6. The quantitative estimate of drug-likeness (QED) is 0.428. The fourth-order valence-electron chi connectivity index (χ4n) is 3.67. The number of ether oxygens (including phenoxy) is 2. The normalized spacial score (nSPS) is 16.1. The van der Waals surface area contributed by atoms with E-state index in [1.165, 1.54) is 0 Å². The number of hydrogen-bond donors (Lipinski definition) is 1. The van der Waals surface area contributed by atoms with Crippen LogP contribution in [-0.2, 0) is 16.8 Å². The van der Waals surface area contributed by atoms with Gasteiger partial charge in [-0.3, -0.25) is 4.79 Å². The molecule has 0 aliphatic carbocycles. The number of benzene rings is 2. The van der Waals surface area contributed by atoms with Crippen LogP contribution >= 0.6 is 15.9 Å². The van der Waals surface area contributed by atoms with Crippen molar-refractivity contribution in [2.75, 3.05) is 6.61 Å². The second-order valence-corrected chi connectivity index (χ2v) is 9.77. The molecule has 0 saturated heterocycles. The Morgan fingerprint density at radius 1 is 1.22 bits per heavy atom. The molecule has 0 spiro atoms. The molecule has 168 valence electrons. The van der Waals surface area contributed by atoms with E-state index in [1.807, 2.05) is 43.3 Å². The molecule has 1 unspecified atom stereocenters. The second kappa shape index (κ2) is 8.58. The van der Waals surface area contributed by atoms with Crippen molar-refractivity contribution in [3.8, 4) is 17.4 Å². The Hall–Kier alpha value is -2.87. The van der Waals surface area contributed by atoms with Crippen LogP contribution < -0.4 is 9.47 Å². The van der Waals surface area contributed by atoms with Gasteiger partial charge in [0.1, 0.15) is 6.61 Å². The van der Waals surface area contributed by atoms with Crippen molar-refractivity contribution in [2.24, 2.45) is 10.2 Å². The maximum Gasteiger partial charge on any atom is 0.308 e. The lowest BCUT2D eigenvalue weighted by Crippen LogP contribution is -2.35. The van der Waals surface area contributed by atoms with Crippen LogP contribution in [0.1, 0.15) is 39.7 Å². The van der Waals surface area contributed by atoms with E-state index in [2.05, 4.69) is 46.9 Å². The predicted octanol–water partition coefficient (Wildman–Crippen LogP) is 6.27. The minimum Gasteiger partial charge on any atom is -0.493 e. The van der Waals surface area contributed by atoms with E-state index < -0.39 is 12.0 Å². The summed E-state index contributed by atoms with van der Waals surface area (Å²) in [6.07, 6.45) is -0.0640. The Bertz CT molecular complexity index is 1210. The average Bonchev–Trinajstić information content (AvgIpc) is 3.01. The lowest BCUT2D eigenvalue weighted by molar-refractivity contribution is -0.127. The molecule has 1 aliphatic rings. The molecule has 1 atom stereocenters. The van der Waals surface area contributed by atoms with Crippen molar-refractivity contribution >= 4 is 38.4 Å². The predicted molar refractivity (Wildman–Crippen MR) is 126 cm³/mol. The highest BCUT2D eigenvalue weighted by atomic mass is 79.9. The summed E-state index contributed by atoms with van der Waals surface area (Å²) in [5, 5.41) is 19.4. The Kier molecular flexibility index (Phi) is 5.99. The molecule has 0 saturated carbocycles. The number of fused-ring (bicyclic) bond motifs is 2. The molecule has 0 radical (unpaired) electrons. The lowest BCUT2D eigenvalue weighted by atomic mass is 9.87. The molecule has 8 heteroatoms. The summed E-state index contributed by atoms with van der Waals surface area (Å²) >= 11 is 3.45. The summed E-state index contributed by atoms with van der Waals surface area (Å²) in [7, 11) is 0. The zero-order valence-electron chi connectivity index (χ0n) is 18.6. The molecule has 32 heavy (non-hydrogen) atoms. The third-order valence-electron chi connectivity index (χ3n) is 5.41. The lowest BCUT2D eigenvalue weighted by Gasteiger charge is -2.27. The van der Waals surface area contributed by atoms with Gasteiger partial charge < -0.3 is 19.1 Å². The van der Waals surface area contributed by atoms with Gasteiger partial charge in [0.05, 0.1) is 5.52 Å². The second-order valence-electron chi connectivity index (χ2n) is 8.85. The Balaban J connectivity index is 1.60. The summed E-state index contributed by atoms with van der Waals surface area (Å²) in [6.45, 7) is 9.02. The first kappa shape index (κ1) is 22.3. The molecule has 1 aromatic heterocycles. The zero-order chi connectivity index (χ0) is 23.0. The molecule has 1 N–H and O–H groups in total. The Morgan fingerprint density at radius 2 is 2.00 bits per heavy atom. The Labute approximate surface area is 195 Å². The number of nitrogens with zero attached hydrogens (tertiary/aromatic N) is 3. The molecule has 0 fully saturated rings. The van der Waals surface area contributed by atoms with E-state index in [4.69, 9.17) is 9.47 Å². The van der Waals surface area contributed by atoms with Gasteiger partial charge in [-0.1, -0.05) is 49.7 Å². The maximum absolute atomic E-state index is 12.7. The zero-order valence-corrected chi connectivity index (χ0v) is 20.1. The highest BCUT2D eigenvalue weighted by Gasteiger charge is 2.29. The smallest absolute Gasteiger partial charge is 0.308 e. The van der Waals surface area contributed by atoms with Crippen LogP contribution in [0.15, 0.2) is 51.1 Å². The third-order valence-corrected chi connectivity index (χ3v) is 5.91. The number of amides is 1. The van der Waals surface area contributed by atoms with Crippen molar-refractivity contribution in [3.63, 3.8) is 0 Å². The molecule has 2 aromatic carbocycles. The van der Waals surface area contributed by atoms with Crippen LogP contribution in [0.2, 0.25) is 0 Å².